The van der Waals surface area contributed by atoms with Crippen LogP contribution in [-0.2, 0) is 11.2 Å². The monoisotopic (exact) mass is 422 g/mol. The second-order valence-corrected chi connectivity index (χ2v) is 9.02. The van der Waals surface area contributed by atoms with Crippen molar-refractivity contribution in [3.63, 3.8) is 0 Å². The zero-order chi connectivity index (χ0) is 20.9. The lowest BCUT2D eigenvalue weighted by Crippen LogP contribution is -2.48. The number of anilines is 1. The molecule has 2 heterocycles. The largest absolute Gasteiger partial charge is 0.355 e. The molecule has 1 aliphatic heterocycles. The Kier molecular flexibility index (Phi) is 6.65. The molecule has 1 aliphatic rings. The van der Waals surface area contributed by atoms with Gasteiger partial charge in [0.15, 0.2) is 5.13 Å². The maximum Gasteiger partial charge on any atom is 0.220 e. The summed E-state index contributed by atoms with van der Waals surface area (Å²) in [5.74, 6) is 0.137. The number of hydrogen-bond acceptors (Lipinski definition) is 5. The van der Waals surface area contributed by atoms with E-state index in [1.165, 1.54) is 21.4 Å². The van der Waals surface area contributed by atoms with Crippen molar-refractivity contribution in [1.82, 2.24) is 15.2 Å². The van der Waals surface area contributed by atoms with Crippen molar-refractivity contribution in [2.75, 3.05) is 44.2 Å². The molecule has 0 aliphatic carbocycles. The first-order valence-corrected chi connectivity index (χ1v) is 11.6. The summed E-state index contributed by atoms with van der Waals surface area (Å²) >= 11 is 1.79. The van der Waals surface area contributed by atoms with Gasteiger partial charge in [-0.25, -0.2) is 4.98 Å². The van der Waals surface area contributed by atoms with E-state index >= 15 is 0 Å². The summed E-state index contributed by atoms with van der Waals surface area (Å²) in [5, 5.41) is 4.20. The summed E-state index contributed by atoms with van der Waals surface area (Å²) in [6, 6.07) is 14.6. The average molecular weight is 423 g/mol. The molecule has 5 nitrogen and oxygen atoms in total. The maximum atomic E-state index is 12.1. The van der Waals surface area contributed by atoms with Gasteiger partial charge in [0.25, 0.3) is 0 Å². The zero-order valence-corrected chi connectivity index (χ0v) is 18.7. The lowest BCUT2D eigenvalue weighted by molar-refractivity contribution is -0.121. The molecular formula is C24H30N4OS. The summed E-state index contributed by atoms with van der Waals surface area (Å²) in [6.07, 6.45) is 1.35. The molecule has 4 rings (SSSR count). The molecule has 1 fully saturated rings. The Labute approximate surface area is 182 Å². The molecule has 0 saturated carbocycles. The first-order chi connectivity index (χ1) is 14.6. The first kappa shape index (κ1) is 20.8. The molecule has 1 aromatic heterocycles. The molecule has 0 spiro atoms. The van der Waals surface area contributed by atoms with Gasteiger partial charge in [-0.05, 0) is 43.0 Å². The maximum absolute atomic E-state index is 12.1. The summed E-state index contributed by atoms with van der Waals surface area (Å²) < 4.78 is 1.27. The number of rotatable bonds is 7. The number of nitrogens with zero attached hydrogens (tertiary/aromatic N) is 3. The van der Waals surface area contributed by atoms with E-state index < -0.39 is 0 Å². The second kappa shape index (κ2) is 9.58. The minimum Gasteiger partial charge on any atom is -0.355 e. The lowest BCUT2D eigenvalue weighted by atomic mass is 10.1. The third-order valence-corrected chi connectivity index (χ3v) is 7.03. The number of aromatic nitrogens is 1. The van der Waals surface area contributed by atoms with Crippen molar-refractivity contribution >= 4 is 32.6 Å². The highest BCUT2D eigenvalue weighted by Crippen LogP contribution is 2.32. The van der Waals surface area contributed by atoms with Crippen LogP contribution in [0.1, 0.15) is 23.1 Å². The Morgan fingerprint density at radius 3 is 2.60 bits per heavy atom. The van der Waals surface area contributed by atoms with Crippen LogP contribution in [0.25, 0.3) is 10.2 Å². The predicted octanol–water partition coefficient (Wildman–Crippen LogP) is 3.78. The highest BCUT2D eigenvalue weighted by atomic mass is 32.1. The summed E-state index contributed by atoms with van der Waals surface area (Å²) in [7, 11) is 0. The van der Waals surface area contributed by atoms with Crippen LogP contribution in [-0.4, -0.2) is 55.1 Å². The molecule has 0 atom stereocenters. The number of amides is 1. The van der Waals surface area contributed by atoms with Crippen LogP contribution in [0.15, 0.2) is 42.5 Å². The van der Waals surface area contributed by atoms with E-state index in [-0.39, 0.29) is 5.91 Å². The molecule has 158 valence electrons. The van der Waals surface area contributed by atoms with Crippen molar-refractivity contribution in [2.45, 2.75) is 26.7 Å². The van der Waals surface area contributed by atoms with E-state index in [4.69, 9.17) is 4.98 Å². The van der Waals surface area contributed by atoms with E-state index in [9.17, 15) is 4.79 Å². The average Bonchev–Trinajstić information content (AvgIpc) is 3.21. The molecule has 0 bridgehead atoms. The topological polar surface area (TPSA) is 48.5 Å². The number of aryl methyl sites for hydroxylation is 3. The SMILES string of the molecule is Cc1ccc2sc(N3CCN(CCNC(=O)CCc4ccccc4)CC3)nc2c1C. The van der Waals surface area contributed by atoms with Gasteiger partial charge in [-0.3, -0.25) is 9.69 Å². The fraction of sp³-hybridized carbons (Fsp3) is 0.417. The quantitative estimate of drug-likeness (QED) is 0.629. The van der Waals surface area contributed by atoms with Crippen LogP contribution >= 0.6 is 11.3 Å². The fourth-order valence-electron chi connectivity index (χ4n) is 3.86. The molecule has 1 amide bonds. The van der Waals surface area contributed by atoms with Gasteiger partial charge in [0.1, 0.15) is 0 Å². The van der Waals surface area contributed by atoms with Gasteiger partial charge in [-0.15, -0.1) is 0 Å². The Morgan fingerprint density at radius 2 is 1.83 bits per heavy atom. The van der Waals surface area contributed by atoms with Crippen LogP contribution in [0, 0.1) is 13.8 Å². The molecule has 0 radical (unpaired) electrons. The highest BCUT2D eigenvalue weighted by molar-refractivity contribution is 7.22. The Morgan fingerprint density at radius 1 is 1.07 bits per heavy atom. The molecule has 3 aromatic rings. The molecule has 6 heteroatoms. The first-order valence-electron chi connectivity index (χ1n) is 10.7. The Balaban J connectivity index is 1.19. The number of thiazole rings is 1. The van der Waals surface area contributed by atoms with E-state index in [2.05, 4.69) is 53.2 Å². The molecule has 30 heavy (non-hydrogen) atoms. The van der Waals surface area contributed by atoms with E-state index in [0.717, 1.165) is 49.8 Å². The number of piperazine rings is 1. The predicted molar refractivity (Wildman–Crippen MR) is 126 cm³/mol. The lowest BCUT2D eigenvalue weighted by Gasteiger charge is -2.34. The van der Waals surface area contributed by atoms with Crippen LogP contribution in [0.4, 0.5) is 5.13 Å². The van der Waals surface area contributed by atoms with Crippen molar-refractivity contribution in [1.29, 1.82) is 0 Å². The van der Waals surface area contributed by atoms with Crippen LogP contribution in [0.2, 0.25) is 0 Å². The van der Waals surface area contributed by atoms with Gasteiger partial charge in [-0.2, -0.15) is 0 Å². The van der Waals surface area contributed by atoms with Crippen molar-refractivity contribution in [3.05, 3.63) is 59.2 Å². The highest BCUT2D eigenvalue weighted by Gasteiger charge is 2.20. The normalized spacial score (nSPS) is 14.9. The standard InChI is InChI=1S/C24H30N4OS/c1-18-8-10-21-23(19(18)2)26-24(30-21)28-16-14-27(15-17-28)13-12-25-22(29)11-9-20-6-4-3-5-7-20/h3-8,10H,9,11-17H2,1-2H3,(H,25,29). The minimum atomic E-state index is 0.137. The van der Waals surface area contributed by atoms with Gasteiger partial charge < -0.3 is 10.2 Å². The van der Waals surface area contributed by atoms with Gasteiger partial charge in [-0.1, -0.05) is 47.7 Å². The summed E-state index contributed by atoms with van der Waals surface area (Å²) in [4.78, 5) is 21.8. The summed E-state index contributed by atoms with van der Waals surface area (Å²) in [6.45, 7) is 9.91. The number of benzene rings is 2. The zero-order valence-electron chi connectivity index (χ0n) is 17.9. The van der Waals surface area contributed by atoms with Crippen molar-refractivity contribution < 1.29 is 4.79 Å². The number of nitrogens with one attached hydrogen (secondary N) is 1. The third-order valence-electron chi connectivity index (χ3n) is 5.95. The number of carbonyl (C=O) groups is 1. The van der Waals surface area contributed by atoms with E-state index in [1.54, 1.807) is 11.3 Å². The van der Waals surface area contributed by atoms with Gasteiger partial charge in [0.05, 0.1) is 10.2 Å². The van der Waals surface area contributed by atoms with Crippen LogP contribution in [0.3, 0.4) is 0 Å². The minimum absolute atomic E-state index is 0.137. The van der Waals surface area contributed by atoms with Gasteiger partial charge in [0, 0.05) is 45.7 Å². The van der Waals surface area contributed by atoms with Crippen molar-refractivity contribution in [2.24, 2.45) is 0 Å². The van der Waals surface area contributed by atoms with E-state index in [0.29, 0.717) is 13.0 Å². The summed E-state index contributed by atoms with van der Waals surface area (Å²) in [5.41, 5.74) is 4.95. The van der Waals surface area contributed by atoms with Crippen LogP contribution in [0.5, 0.6) is 0 Å². The molecule has 1 saturated heterocycles. The van der Waals surface area contributed by atoms with Gasteiger partial charge in [0.2, 0.25) is 5.91 Å². The molecule has 1 N–H and O–H groups in total. The Bertz CT molecular complexity index is 993. The number of hydrogen-bond donors (Lipinski definition) is 1. The molecular weight excluding hydrogens is 392 g/mol. The number of fused-ring (bicyclic) bond motifs is 1. The van der Waals surface area contributed by atoms with Crippen molar-refractivity contribution in [3.8, 4) is 0 Å². The fourth-order valence-corrected chi connectivity index (χ4v) is 4.93. The smallest absolute Gasteiger partial charge is 0.220 e. The number of carbonyl (C=O) groups excluding carboxylic acids is 1. The van der Waals surface area contributed by atoms with E-state index in [1.807, 2.05) is 18.2 Å². The van der Waals surface area contributed by atoms with Crippen LogP contribution < -0.4 is 10.2 Å². The molecule has 0 unspecified atom stereocenters. The Hall–Kier alpha value is -2.44. The van der Waals surface area contributed by atoms with Gasteiger partial charge >= 0.3 is 0 Å². The second-order valence-electron chi connectivity index (χ2n) is 8.01. The third kappa shape index (κ3) is 4.99. The molecule has 2 aromatic carbocycles.